The van der Waals surface area contributed by atoms with E-state index in [1.165, 1.54) is 10.1 Å². The lowest BCUT2D eigenvalue weighted by Crippen LogP contribution is -2.16. The van der Waals surface area contributed by atoms with Gasteiger partial charge in [0.1, 0.15) is 0 Å². The number of fused-ring (bicyclic) bond motifs is 3. The highest BCUT2D eigenvalue weighted by atomic mass is 32.2. The second-order valence-electron chi connectivity index (χ2n) is 3.01. The third-order valence-electron chi connectivity index (χ3n) is 2.16. The first-order chi connectivity index (χ1) is 6.95. The first-order valence-electron chi connectivity index (χ1n) is 4.28. The Labute approximate surface area is 85.1 Å². The molecule has 2 heterocycles. The maximum atomic E-state index is 4.03. The lowest BCUT2D eigenvalue weighted by Gasteiger charge is -2.02. The van der Waals surface area contributed by atoms with Crippen molar-refractivity contribution in [2.75, 3.05) is 0 Å². The van der Waals surface area contributed by atoms with Gasteiger partial charge in [0.05, 0.1) is 11.6 Å². The molecule has 68 valence electrons. The molecule has 1 N–H and O–H groups in total. The fraction of sp³-hybridized carbons (Fsp3) is 0. The second kappa shape index (κ2) is 2.99. The van der Waals surface area contributed by atoms with Crippen molar-refractivity contribution in [2.45, 2.75) is 4.90 Å². The van der Waals surface area contributed by atoms with Gasteiger partial charge in [0.2, 0.25) is 0 Å². The molecule has 1 aromatic carbocycles. The maximum Gasteiger partial charge on any atom is 0.0957 e. The second-order valence-corrected chi connectivity index (χ2v) is 3.86. The highest BCUT2D eigenvalue weighted by Gasteiger charge is 2.09. The van der Waals surface area contributed by atoms with E-state index in [1.54, 1.807) is 11.9 Å². The Hall–Kier alpha value is -1.55. The van der Waals surface area contributed by atoms with E-state index in [0.29, 0.717) is 0 Å². The zero-order chi connectivity index (χ0) is 9.38. The standard InChI is InChI=1S/C10H7N3S/c1-2-7-3-4-9-8(6-11-13-9)10(7)14-12-5-1/h1-6,12H. The van der Waals surface area contributed by atoms with Gasteiger partial charge in [-0.1, -0.05) is 12.1 Å². The van der Waals surface area contributed by atoms with Gasteiger partial charge in [0.25, 0.3) is 0 Å². The van der Waals surface area contributed by atoms with Crippen LogP contribution >= 0.6 is 11.9 Å². The van der Waals surface area contributed by atoms with Crippen LogP contribution in [0.5, 0.6) is 0 Å². The van der Waals surface area contributed by atoms with Gasteiger partial charge in [-0.25, -0.2) is 0 Å². The van der Waals surface area contributed by atoms with Crippen molar-refractivity contribution in [3.8, 4) is 0 Å². The van der Waals surface area contributed by atoms with Crippen molar-refractivity contribution in [1.29, 1.82) is 0 Å². The quantitative estimate of drug-likeness (QED) is 0.623. The summed E-state index contributed by atoms with van der Waals surface area (Å²) in [6.07, 6.45) is 7.80. The summed E-state index contributed by atoms with van der Waals surface area (Å²) in [7, 11) is 0. The van der Waals surface area contributed by atoms with Crippen LogP contribution in [0.1, 0.15) is 5.56 Å². The van der Waals surface area contributed by atoms with Gasteiger partial charge in [0, 0.05) is 16.7 Å². The predicted octanol–water partition coefficient (Wildman–Crippen LogP) is 0.558. The van der Waals surface area contributed by atoms with Crippen LogP contribution in [-0.4, -0.2) is 6.21 Å². The number of nitrogens with zero attached hydrogens (tertiary/aromatic N) is 2. The molecule has 3 nitrogen and oxygen atoms in total. The molecule has 0 amide bonds. The van der Waals surface area contributed by atoms with Gasteiger partial charge in [0.15, 0.2) is 0 Å². The van der Waals surface area contributed by atoms with E-state index in [1.807, 2.05) is 24.6 Å². The van der Waals surface area contributed by atoms with E-state index >= 15 is 0 Å². The molecule has 0 aromatic heterocycles. The summed E-state index contributed by atoms with van der Waals surface area (Å²) in [6, 6.07) is 4.06. The van der Waals surface area contributed by atoms with Crippen LogP contribution in [0, 0.1) is 0 Å². The topological polar surface area (TPSA) is 36.8 Å². The number of nitrogens with one attached hydrogen (secondary N) is 1. The van der Waals surface area contributed by atoms with E-state index in [9.17, 15) is 0 Å². The Kier molecular flexibility index (Phi) is 1.67. The van der Waals surface area contributed by atoms with Gasteiger partial charge >= 0.3 is 0 Å². The van der Waals surface area contributed by atoms with E-state index in [-0.39, 0.29) is 0 Å². The average Bonchev–Trinajstić information content (AvgIpc) is 2.55. The monoisotopic (exact) mass is 201 g/mol. The molecule has 14 heavy (non-hydrogen) atoms. The summed E-state index contributed by atoms with van der Waals surface area (Å²) in [4.78, 5) is 1.19. The molecule has 0 unspecified atom stereocenters. The minimum absolute atomic E-state index is 0.952. The van der Waals surface area contributed by atoms with Crippen molar-refractivity contribution in [1.82, 2.24) is 4.72 Å². The molecule has 0 spiro atoms. The van der Waals surface area contributed by atoms with Crippen LogP contribution in [0.2, 0.25) is 0 Å². The number of allylic oxidation sites excluding steroid dienone is 1. The number of benzene rings is 1. The highest BCUT2D eigenvalue weighted by Crippen LogP contribution is 2.14. The SMILES string of the molecule is C1=CNSc2c3c(ccc2=C1)=NN=C3. The molecule has 0 saturated carbocycles. The number of hydrogen-bond donors (Lipinski definition) is 1. The van der Waals surface area contributed by atoms with Gasteiger partial charge in [-0.2, -0.15) is 10.2 Å². The van der Waals surface area contributed by atoms with Gasteiger partial charge in [-0.15, -0.1) is 0 Å². The summed E-state index contributed by atoms with van der Waals surface area (Å²) in [5.41, 5.74) is 1.11. The molecule has 1 aromatic rings. The minimum atomic E-state index is 0.952. The zero-order valence-electron chi connectivity index (χ0n) is 7.27. The van der Waals surface area contributed by atoms with Crippen LogP contribution < -0.4 is 15.3 Å². The molecule has 0 bridgehead atoms. The first-order valence-corrected chi connectivity index (χ1v) is 5.10. The Balaban J connectivity index is 2.39. The third-order valence-corrected chi connectivity index (χ3v) is 3.07. The summed E-state index contributed by atoms with van der Waals surface area (Å²) >= 11 is 1.60. The molecule has 0 fully saturated rings. The fourth-order valence-electron chi connectivity index (χ4n) is 1.50. The van der Waals surface area contributed by atoms with Gasteiger partial charge in [-0.3, -0.25) is 0 Å². The zero-order valence-corrected chi connectivity index (χ0v) is 8.08. The third kappa shape index (κ3) is 1.08. The van der Waals surface area contributed by atoms with E-state index < -0.39 is 0 Å². The van der Waals surface area contributed by atoms with Crippen molar-refractivity contribution in [3.63, 3.8) is 0 Å². The Morgan fingerprint density at radius 3 is 3.29 bits per heavy atom. The van der Waals surface area contributed by atoms with Gasteiger partial charge < -0.3 is 4.72 Å². The van der Waals surface area contributed by atoms with Crippen LogP contribution in [0.15, 0.2) is 39.5 Å². The Bertz CT molecular complexity index is 557. The lowest BCUT2D eigenvalue weighted by molar-refractivity contribution is 1.16. The highest BCUT2D eigenvalue weighted by molar-refractivity contribution is 7.97. The Morgan fingerprint density at radius 1 is 1.29 bits per heavy atom. The van der Waals surface area contributed by atoms with E-state index in [4.69, 9.17) is 0 Å². The molecule has 3 rings (SSSR count). The average molecular weight is 201 g/mol. The summed E-state index contributed by atoms with van der Waals surface area (Å²) in [5, 5.41) is 10.1. The summed E-state index contributed by atoms with van der Waals surface area (Å²) in [5.74, 6) is 0. The van der Waals surface area contributed by atoms with Crippen molar-refractivity contribution in [3.05, 3.63) is 40.5 Å². The van der Waals surface area contributed by atoms with Crippen molar-refractivity contribution >= 4 is 24.2 Å². The van der Waals surface area contributed by atoms with Crippen LogP contribution in [0.3, 0.4) is 0 Å². The van der Waals surface area contributed by atoms with Crippen LogP contribution in [0.25, 0.3) is 6.08 Å². The minimum Gasteiger partial charge on any atom is -0.332 e. The van der Waals surface area contributed by atoms with Crippen LogP contribution in [0.4, 0.5) is 0 Å². The molecular formula is C10H7N3S. The molecule has 2 aliphatic rings. The number of rotatable bonds is 0. The molecule has 0 aliphatic carbocycles. The largest absolute Gasteiger partial charge is 0.332 e. The molecule has 0 saturated heterocycles. The normalized spacial score (nSPS) is 16.0. The van der Waals surface area contributed by atoms with Crippen molar-refractivity contribution in [2.24, 2.45) is 10.2 Å². The molecule has 4 heteroatoms. The molecule has 0 atom stereocenters. The van der Waals surface area contributed by atoms with Crippen LogP contribution in [-0.2, 0) is 0 Å². The lowest BCUT2D eigenvalue weighted by atomic mass is 10.2. The molecule has 2 aliphatic heterocycles. The summed E-state index contributed by atoms with van der Waals surface area (Å²) in [6.45, 7) is 0. The van der Waals surface area contributed by atoms with Crippen molar-refractivity contribution < 1.29 is 0 Å². The van der Waals surface area contributed by atoms with E-state index in [0.717, 1.165) is 10.9 Å². The molecule has 0 radical (unpaired) electrons. The van der Waals surface area contributed by atoms with Gasteiger partial charge in [-0.05, 0) is 29.3 Å². The predicted molar refractivity (Wildman–Crippen MR) is 57.4 cm³/mol. The smallest absolute Gasteiger partial charge is 0.0957 e. The summed E-state index contributed by atoms with van der Waals surface area (Å²) < 4.78 is 3.13. The first kappa shape index (κ1) is 7.82. The van der Waals surface area contributed by atoms with E-state index in [2.05, 4.69) is 27.1 Å². The maximum absolute atomic E-state index is 4.03. The number of hydrogen-bond acceptors (Lipinski definition) is 4. The Morgan fingerprint density at radius 2 is 2.29 bits per heavy atom. The molecular weight excluding hydrogens is 194 g/mol. The fourth-order valence-corrected chi connectivity index (χ4v) is 2.28.